The molecule has 1 aromatic rings. The highest BCUT2D eigenvalue weighted by Crippen LogP contribution is 2.63. The van der Waals surface area contributed by atoms with Gasteiger partial charge in [-0.05, 0) is 50.2 Å². The molecule has 2 heterocycles. The lowest BCUT2D eigenvalue weighted by molar-refractivity contribution is -0.151. The molecule has 4 atom stereocenters. The number of ketones is 1. The number of hydrogen-bond donors (Lipinski definition) is 1. The summed E-state index contributed by atoms with van der Waals surface area (Å²) in [5.74, 6) is 0.175. The topological polar surface area (TPSA) is 76.1 Å². The number of likely N-dealkylation sites (N-methyl/N-ethyl adjacent to an activating group) is 1. The second-order valence-electron chi connectivity index (χ2n) is 7.50. The van der Waals surface area contributed by atoms with Gasteiger partial charge in [0.05, 0.1) is 5.41 Å². The first-order valence-corrected chi connectivity index (χ1v) is 8.55. The van der Waals surface area contributed by atoms with E-state index >= 15 is 0 Å². The smallest absolute Gasteiger partial charge is 0.308 e. The molecule has 1 saturated heterocycles. The molecule has 2 aliphatic carbocycles. The molecule has 2 bridgehead atoms. The molecule has 1 spiro atoms. The van der Waals surface area contributed by atoms with Gasteiger partial charge in [-0.25, -0.2) is 0 Å². The Morgan fingerprint density at radius 2 is 2.24 bits per heavy atom. The molecule has 25 heavy (non-hydrogen) atoms. The SMILES string of the molecule is CC(=O)Oc1ccc2c3c1O[C@H]1C(=O)C=C[C@@]4(O)[C@@H](C2)N(C)CCC314. The Morgan fingerprint density at radius 1 is 1.44 bits per heavy atom. The van der Waals surface area contributed by atoms with Crippen molar-refractivity contribution in [3.63, 3.8) is 0 Å². The van der Waals surface area contributed by atoms with E-state index in [1.54, 1.807) is 12.1 Å². The van der Waals surface area contributed by atoms with E-state index in [4.69, 9.17) is 9.47 Å². The van der Waals surface area contributed by atoms with Crippen LogP contribution in [0.3, 0.4) is 0 Å². The normalized spacial score (nSPS) is 37.5. The van der Waals surface area contributed by atoms with Gasteiger partial charge in [0, 0.05) is 18.5 Å². The first-order valence-electron chi connectivity index (χ1n) is 8.55. The molecule has 1 fully saturated rings. The minimum atomic E-state index is -1.17. The second-order valence-corrected chi connectivity index (χ2v) is 7.50. The van der Waals surface area contributed by atoms with Crippen molar-refractivity contribution in [3.8, 4) is 11.5 Å². The van der Waals surface area contributed by atoms with Gasteiger partial charge in [-0.2, -0.15) is 0 Å². The lowest BCUT2D eigenvalue weighted by Crippen LogP contribution is -2.74. The van der Waals surface area contributed by atoms with E-state index in [-0.39, 0.29) is 11.8 Å². The summed E-state index contributed by atoms with van der Waals surface area (Å²) in [6.45, 7) is 2.10. The van der Waals surface area contributed by atoms with Crippen LogP contribution in [0.2, 0.25) is 0 Å². The number of ether oxygens (including phenoxy) is 2. The Hall–Kier alpha value is -2.18. The molecule has 1 unspecified atom stereocenters. The summed E-state index contributed by atoms with van der Waals surface area (Å²) in [5, 5.41) is 11.7. The number of esters is 1. The lowest BCUT2D eigenvalue weighted by atomic mass is 9.51. The van der Waals surface area contributed by atoms with Crippen LogP contribution in [-0.2, 0) is 21.4 Å². The van der Waals surface area contributed by atoms with Gasteiger partial charge in [0.25, 0.3) is 0 Å². The fraction of sp³-hybridized carbons (Fsp3) is 0.474. The van der Waals surface area contributed by atoms with Crippen LogP contribution in [-0.4, -0.2) is 53.1 Å². The van der Waals surface area contributed by atoms with Crippen molar-refractivity contribution in [2.75, 3.05) is 13.6 Å². The Morgan fingerprint density at radius 3 is 3.00 bits per heavy atom. The van der Waals surface area contributed by atoms with E-state index in [1.165, 1.54) is 13.0 Å². The van der Waals surface area contributed by atoms with Crippen LogP contribution in [0.25, 0.3) is 0 Å². The average Bonchev–Trinajstić information content (AvgIpc) is 2.91. The van der Waals surface area contributed by atoms with Crippen molar-refractivity contribution >= 4 is 11.8 Å². The van der Waals surface area contributed by atoms with Crippen LogP contribution in [0.5, 0.6) is 11.5 Å². The molecule has 0 saturated carbocycles. The summed E-state index contributed by atoms with van der Waals surface area (Å²) in [4.78, 5) is 26.2. The Balaban J connectivity index is 1.82. The van der Waals surface area contributed by atoms with Gasteiger partial charge < -0.3 is 14.6 Å². The first-order chi connectivity index (χ1) is 11.9. The summed E-state index contributed by atoms with van der Waals surface area (Å²) < 4.78 is 11.4. The third-order valence-electron chi connectivity index (χ3n) is 6.38. The highest BCUT2D eigenvalue weighted by molar-refractivity contribution is 5.99. The van der Waals surface area contributed by atoms with E-state index in [2.05, 4.69) is 4.90 Å². The summed E-state index contributed by atoms with van der Waals surface area (Å²) in [6.07, 6.45) is 3.60. The zero-order chi connectivity index (χ0) is 17.6. The Labute approximate surface area is 145 Å². The maximum atomic E-state index is 12.6. The maximum absolute atomic E-state index is 12.6. The molecule has 6 nitrogen and oxygen atoms in total. The molecule has 5 rings (SSSR count). The Kier molecular flexibility index (Phi) is 2.72. The van der Waals surface area contributed by atoms with Crippen LogP contribution in [0.4, 0.5) is 0 Å². The maximum Gasteiger partial charge on any atom is 0.308 e. The average molecular weight is 341 g/mol. The lowest BCUT2D eigenvalue weighted by Gasteiger charge is -2.60. The molecule has 4 aliphatic rings. The molecular weight excluding hydrogens is 322 g/mol. The minimum absolute atomic E-state index is 0.116. The van der Waals surface area contributed by atoms with Crippen LogP contribution in [0.1, 0.15) is 24.5 Å². The third-order valence-corrected chi connectivity index (χ3v) is 6.38. The molecule has 130 valence electrons. The van der Waals surface area contributed by atoms with Crippen molar-refractivity contribution in [1.29, 1.82) is 0 Å². The number of aliphatic hydroxyl groups is 1. The van der Waals surface area contributed by atoms with Crippen molar-refractivity contribution in [1.82, 2.24) is 4.90 Å². The highest BCUT2D eigenvalue weighted by atomic mass is 16.6. The quantitative estimate of drug-likeness (QED) is 0.600. The molecule has 0 amide bonds. The predicted molar refractivity (Wildman–Crippen MR) is 87.7 cm³/mol. The number of carbonyl (C=O) groups is 2. The molecule has 1 N–H and O–H groups in total. The first kappa shape index (κ1) is 15.1. The van der Waals surface area contributed by atoms with Gasteiger partial charge in [0.15, 0.2) is 23.4 Å². The molecular formula is C19H19NO5. The van der Waals surface area contributed by atoms with Gasteiger partial charge in [-0.1, -0.05) is 6.07 Å². The Bertz CT molecular complexity index is 862. The van der Waals surface area contributed by atoms with Crippen molar-refractivity contribution in [2.24, 2.45) is 0 Å². The summed E-state index contributed by atoms with van der Waals surface area (Å²) in [7, 11) is 2.00. The van der Waals surface area contributed by atoms with E-state index < -0.39 is 23.1 Å². The van der Waals surface area contributed by atoms with E-state index in [1.807, 2.05) is 13.1 Å². The van der Waals surface area contributed by atoms with Crippen molar-refractivity contribution < 1.29 is 24.2 Å². The fourth-order valence-corrected chi connectivity index (χ4v) is 5.35. The summed E-state index contributed by atoms with van der Waals surface area (Å²) in [6, 6.07) is 3.54. The van der Waals surface area contributed by atoms with Gasteiger partial charge in [0.2, 0.25) is 0 Å². The van der Waals surface area contributed by atoms with Gasteiger partial charge in [-0.3, -0.25) is 14.5 Å². The summed E-state index contributed by atoms with van der Waals surface area (Å²) in [5.41, 5.74) is -0.0839. The number of nitrogens with zero attached hydrogens (tertiary/aromatic N) is 1. The van der Waals surface area contributed by atoms with Crippen LogP contribution < -0.4 is 9.47 Å². The molecule has 0 radical (unpaired) electrons. The number of piperidine rings is 1. The second kappa shape index (κ2) is 4.51. The monoisotopic (exact) mass is 341 g/mol. The highest BCUT2D eigenvalue weighted by Gasteiger charge is 2.71. The number of benzene rings is 1. The van der Waals surface area contributed by atoms with E-state index in [0.29, 0.717) is 24.3 Å². The zero-order valence-electron chi connectivity index (χ0n) is 14.1. The number of likely N-dealkylation sites (tertiary alicyclic amines) is 1. The van der Waals surface area contributed by atoms with Gasteiger partial charge in [0.1, 0.15) is 5.60 Å². The molecule has 1 aromatic carbocycles. The summed E-state index contributed by atoms with van der Waals surface area (Å²) >= 11 is 0. The third kappa shape index (κ3) is 1.57. The van der Waals surface area contributed by atoms with Crippen molar-refractivity contribution in [2.45, 2.75) is 42.9 Å². The largest absolute Gasteiger partial charge is 0.477 e. The molecule has 6 heteroatoms. The predicted octanol–water partition coefficient (Wildman–Crippen LogP) is 0.741. The fourth-order valence-electron chi connectivity index (χ4n) is 5.35. The number of carbonyl (C=O) groups excluding carboxylic acids is 2. The van der Waals surface area contributed by atoms with Crippen molar-refractivity contribution in [3.05, 3.63) is 35.4 Å². The number of hydrogen-bond acceptors (Lipinski definition) is 6. The van der Waals surface area contributed by atoms with Crippen LogP contribution in [0.15, 0.2) is 24.3 Å². The minimum Gasteiger partial charge on any atom is -0.477 e. The number of rotatable bonds is 1. The molecule has 0 aromatic heterocycles. The van der Waals surface area contributed by atoms with Crippen LogP contribution >= 0.6 is 0 Å². The van der Waals surface area contributed by atoms with Gasteiger partial charge >= 0.3 is 5.97 Å². The molecule has 2 aliphatic heterocycles. The van der Waals surface area contributed by atoms with E-state index in [9.17, 15) is 14.7 Å². The van der Waals surface area contributed by atoms with Gasteiger partial charge in [-0.15, -0.1) is 0 Å². The van der Waals surface area contributed by atoms with E-state index in [0.717, 1.165) is 17.7 Å². The zero-order valence-corrected chi connectivity index (χ0v) is 14.1. The standard InChI is InChI=1S/C19H19NO5/c1-10(21)24-13-4-3-11-9-14-19(23)6-5-12(22)17-18(19,7-8-20(14)2)15(11)16(13)25-17/h3-6,14,17,23H,7-9H2,1-2H3/t14-,17+,18?,19-/m1/s1. The van der Waals surface area contributed by atoms with Crippen LogP contribution in [0, 0.1) is 0 Å².